The summed E-state index contributed by atoms with van der Waals surface area (Å²) < 4.78 is 5.80. The summed E-state index contributed by atoms with van der Waals surface area (Å²) in [5.74, 6) is 1.27. The molecule has 0 amide bonds. The molecular formula is C24H35NO. The predicted molar refractivity (Wildman–Crippen MR) is 111 cm³/mol. The maximum Gasteiger partial charge on any atom is 0.119 e. The van der Waals surface area contributed by atoms with Crippen molar-refractivity contribution in [2.45, 2.75) is 78.1 Å². The second-order valence-corrected chi connectivity index (χ2v) is 7.25. The lowest BCUT2D eigenvalue weighted by Gasteiger charge is -2.13. The zero-order chi connectivity index (χ0) is 18.6. The molecule has 0 saturated heterocycles. The van der Waals surface area contributed by atoms with Gasteiger partial charge in [-0.05, 0) is 48.6 Å². The van der Waals surface area contributed by atoms with Crippen molar-refractivity contribution < 1.29 is 4.74 Å². The Kier molecular flexibility index (Phi) is 9.23. The van der Waals surface area contributed by atoms with Crippen molar-refractivity contribution in [1.29, 1.82) is 0 Å². The quantitative estimate of drug-likeness (QED) is 0.386. The summed E-state index contributed by atoms with van der Waals surface area (Å²) >= 11 is 0. The summed E-state index contributed by atoms with van der Waals surface area (Å²) in [6, 6.07) is 12.9. The van der Waals surface area contributed by atoms with Crippen LogP contribution in [-0.2, 0) is 6.42 Å². The maximum atomic E-state index is 5.80. The van der Waals surface area contributed by atoms with Gasteiger partial charge in [0.05, 0.1) is 6.61 Å². The number of unbranched alkanes of at least 4 members (excludes halogenated alkanes) is 5. The van der Waals surface area contributed by atoms with Crippen LogP contribution in [-0.4, -0.2) is 11.6 Å². The van der Waals surface area contributed by atoms with E-state index in [2.05, 4.69) is 63.4 Å². The van der Waals surface area contributed by atoms with E-state index in [1.165, 1.54) is 49.7 Å². The van der Waals surface area contributed by atoms with Crippen LogP contribution >= 0.6 is 0 Å². The molecule has 26 heavy (non-hydrogen) atoms. The molecule has 2 aromatic rings. The van der Waals surface area contributed by atoms with Crippen LogP contribution < -0.4 is 4.74 Å². The summed E-state index contributed by atoms with van der Waals surface area (Å²) in [5.41, 5.74) is 3.78. The second-order valence-electron chi connectivity index (χ2n) is 7.25. The first kappa shape index (κ1) is 20.5. The van der Waals surface area contributed by atoms with Crippen molar-refractivity contribution in [3.63, 3.8) is 0 Å². The van der Waals surface area contributed by atoms with Gasteiger partial charge < -0.3 is 4.74 Å². The molecule has 1 aromatic heterocycles. The molecule has 1 unspecified atom stereocenters. The van der Waals surface area contributed by atoms with Crippen LogP contribution in [0.1, 0.15) is 88.5 Å². The molecule has 0 N–H and O–H groups in total. The van der Waals surface area contributed by atoms with E-state index in [-0.39, 0.29) is 0 Å². The molecule has 2 heteroatoms. The maximum absolute atomic E-state index is 5.80. The van der Waals surface area contributed by atoms with Gasteiger partial charge in [0, 0.05) is 17.8 Å². The van der Waals surface area contributed by atoms with E-state index >= 15 is 0 Å². The first-order chi connectivity index (χ1) is 12.7. The Balaban J connectivity index is 1.86. The molecule has 0 bridgehead atoms. The highest BCUT2D eigenvalue weighted by atomic mass is 16.5. The fourth-order valence-corrected chi connectivity index (χ4v) is 3.16. The minimum absolute atomic E-state index is 0.304. The monoisotopic (exact) mass is 353 g/mol. The van der Waals surface area contributed by atoms with Gasteiger partial charge in [0.15, 0.2) is 0 Å². The Morgan fingerprint density at radius 2 is 1.58 bits per heavy atom. The molecule has 0 aliphatic carbocycles. The van der Waals surface area contributed by atoms with Crippen LogP contribution in [0.3, 0.4) is 0 Å². The highest BCUT2D eigenvalue weighted by Crippen LogP contribution is 2.25. The molecule has 0 saturated carbocycles. The van der Waals surface area contributed by atoms with Gasteiger partial charge >= 0.3 is 0 Å². The molecule has 0 spiro atoms. The van der Waals surface area contributed by atoms with Crippen molar-refractivity contribution in [2.24, 2.45) is 0 Å². The highest BCUT2D eigenvalue weighted by molar-refractivity contribution is 5.33. The number of aromatic nitrogens is 1. The van der Waals surface area contributed by atoms with Crippen molar-refractivity contribution in [2.75, 3.05) is 6.61 Å². The van der Waals surface area contributed by atoms with E-state index in [1.54, 1.807) is 0 Å². The van der Waals surface area contributed by atoms with Crippen LogP contribution in [0.15, 0.2) is 42.6 Å². The van der Waals surface area contributed by atoms with E-state index in [9.17, 15) is 0 Å². The smallest absolute Gasteiger partial charge is 0.119 e. The third kappa shape index (κ3) is 6.82. The lowest BCUT2D eigenvalue weighted by molar-refractivity contribution is 0.306. The Labute approximate surface area is 160 Å². The molecule has 1 aromatic carbocycles. The summed E-state index contributed by atoms with van der Waals surface area (Å²) in [5, 5.41) is 0. The van der Waals surface area contributed by atoms with Crippen LogP contribution in [0.5, 0.6) is 5.75 Å². The highest BCUT2D eigenvalue weighted by Gasteiger charge is 2.10. The Morgan fingerprint density at radius 1 is 0.846 bits per heavy atom. The number of benzene rings is 1. The molecule has 0 fully saturated rings. The summed E-state index contributed by atoms with van der Waals surface area (Å²) in [6.45, 7) is 7.50. The van der Waals surface area contributed by atoms with Gasteiger partial charge in [0.2, 0.25) is 0 Å². The van der Waals surface area contributed by atoms with Gasteiger partial charge in [-0.1, -0.05) is 71.1 Å². The van der Waals surface area contributed by atoms with E-state index in [0.717, 1.165) is 30.9 Å². The fraction of sp³-hybridized carbons (Fsp3) is 0.542. The third-order valence-electron chi connectivity index (χ3n) is 5.01. The number of hydrogen-bond acceptors (Lipinski definition) is 2. The average Bonchev–Trinajstić information content (AvgIpc) is 2.69. The summed E-state index contributed by atoms with van der Waals surface area (Å²) in [7, 11) is 0. The molecule has 2 nitrogen and oxygen atoms in total. The zero-order valence-electron chi connectivity index (χ0n) is 16.8. The Hall–Kier alpha value is -1.83. The summed E-state index contributed by atoms with van der Waals surface area (Å²) in [4.78, 5) is 4.72. The molecule has 0 aliphatic rings. The van der Waals surface area contributed by atoms with Crippen LogP contribution in [0.25, 0.3) is 0 Å². The number of ether oxygens (including phenoxy) is 1. The van der Waals surface area contributed by atoms with Crippen LogP contribution in [0, 0.1) is 0 Å². The topological polar surface area (TPSA) is 22.1 Å². The molecule has 0 aliphatic heterocycles. The Bertz CT molecular complexity index is 548. The minimum Gasteiger partial charge on any atom is -0.494 e. The van der Waals surface area contributed by atoms with E-state index in [4.69, 9.17) is 9.72 Å². The lowest BCUT2D eigenvalue weighted by Crippen LogP contribution is -2.01. The number of pyridine rings is 1. The Morgan fingerprint density at radius 3 is 2.23 bits per heavy atom. The second kappa shape index (κ2) is 11.7. The van der Waals surface area contributed by atoms with Gasteiger partial charge in [0.25, 0.3) is 0 Å². The fourth-order valence-electron chi connectivity index (χ4n) is 3.16. The normalized spacial score (nSPS) is 12.1. The van der Waals surface area contributed by atoms with Gasteiger partial charge in [0.1, 0.15) is 5.75 Å². The van der Waals surface area contributed by atoms with Gasteiger partial charge in [-0.15, -0.1) is 0 Å². The number of hydrogen-bond donors (Lipinski definition) is 0. The largest absolute Gasteiger partial charge is 0.494 e. The molecule has 1 atom stereocenters. The predicted octanol–water partition coefficient (Wildman–Crippen LogP) is 6.93. The standard InChI is InChI=1S/C24H35NO/c1-4-6-8-9-11-21-12-17-24(25-19-21)20(3)22-13-15-23(16-14-22)26-18-10-7-5-2/h12-17,19-20H,4-11,18H2,1-3H3. The number of rotatable bonds is 12. The van der Waals surface area contributed by atoms with Crippen molar-refractivity contribution in [3.05, 3.63) is 59.4 Å². The molecule has 142 valence electrons. The van der Waals surface area contributed by atoms with Gasteiger partial charge in [-0.25, -0.2) is 0 Å². The first-order valence-corrected chi connectivity index (χ1v) is 10.4. The molecule has 2 rings (SSSR count). The summed E-state index contributed by atoms with van der Waals surface area (Å²) in [6.07, 6.45) is 12.0. The molecular weight excluding hydrogens is 318 g/mol. The SMILES string of the molecule is CCCCCCc1ccc(C(C)c2ccc(OCCCCC)cc2)nc1. The average molecular weight is 354 g/mol. The van der Waals surface area contributed by atoms with Crippen LogP contribution in [0.4, 0.5) is 0 Å². The van der Waals surface area contributed by atoms with Crippen molar-refractivity contribution in [3.8, 4) is 5.75 Å². The number of aryl methyl sites for hydroxylation is 1. The van der Waals surface area contributed by atoms with E-state index < -0.39 is 0 Å². The molecule has 1 heterocycles. The van der Waals surface area contributed by atoms with Crippen molar-refractivity contribution in [1.82, 2.24) is 4.98 Å². The van der Waals surface area contributed by atoms with Gasteiger partial charge in [-0.2, -0.15) is 0 Å². The zero-order valence-corrected chi connectivity index (χ0v) is 16.8. The van der Waals surface area contributed by atoms with Gasteiger partial charge in [-0.3, -0.25) is 4.98 Å². The third-order valence-corrected chi connectivity index (χ3v) is 5.01. The molecule has 0 radical (unpaired) electrons. The van der Waals surface area contributed by atoms with Crippen LogP contribution in [0.2, 0.25) is 0 Å². The van der Waals surface area contributed by atoms with Crippen molar-refractivity contribution >= 4 is 0 Å². The van der Waals surface area contributed by atoms with E-state index in [0.29, 0.717) is 5.92 Å². The van der Waals surface area contributed by atoms with E-state index in [1.807, 2.05) is 0 Å². The lowest BCUT2D eigenvalue weighted by atomic mass is 9.96. The number of nitrogens with zero attached hydrogens (tertiary/aromatic N) is 1. The minimum atomic E-state index is 0.304. The first-order valence-electron chi connectivity index (χ1n) is 10.4.